The van der Waals surface area contributed by atoms with E-state index in [1.807, 2.05) is 0 Å². The third-order valence-corrected chi connectivity index (χ3v) is 1.56. The molecule has 0 radical (unpaired) electrons. The van der Waals surface area contributed by atoms with E-state index in [9.17, 15) is 4.39 Å². The first kappa shape index (κ1) is 9.93. The summed E-state index contributed by atoms with van der Waals surface area (Å²) >= 11 is 0. The van der Waals surface area contributed by atoms with Gasteiger partial charge in [-0.3, -0.25) is 4.39 Å². The average Bonchev–Trinajstić information content (AvgIpc) is 1.78. The molecule has 0 saturated heterocycles. The second-order valence-corrected chi connectivity index (χ2v) is 4.06. The molecule has 0 fully saturated rings. The lowest BCUT2D eigenvalue weighted by Crippen LogP contribution is -2.03. The van der Waals surface area contributed by atoms with Gasteiger partial charge in [-0.05, 0) is 18.3 Å². The second kappa shape index (κ2) is 4.70. The molecule has 0 aromatic rings. The summed E-state index contributed by atoms with van der Waals surface area (Å²) in [4.78, 5) is 0. The fourth-order valence-electron chi connectivity index (χ4n) is 0.927. The minimum atomic E-state index is -0.149. The highest BCUT2D eigenvalue weighted by molar-refractivity contribution is 4.60. The molecule has 0 unspecified atom stereocenters. The van der Waals surface area contributed by atoms with Crippen LogP contribution in [-0.4, -0.2) is 6.67 Å². The molecule has 0 aliphatic heterocycles. The molecule has 0 aliphatic carbocycles. The van der Waals surface area contributed by atoms with E-state index in [4.69, 9.17) is 0 Å². The molecule has 0 spiro atoms. The van der Waals surface area contributed by atoms with Crippen LogP contribution in [0.1, 0.15) is 46.5 Å². The van der Waals surface area contributed by atoms with Crippen LogP contribution < -0.4 is 0 Å². The fraction of sp³-hybridized carbons (Fsp3) is 1.00. The molecule has 0 N–H and O–H groups in total. The van der Waals surface area contributed by atoms with Crippen molar-refractivity contribution in [3.63, 3.8) is 0 Å². The van der Waals surface area contributed by atoms with Gasteiger partial charge in [0.05, 0.1) is 6.67 Å². The summed E-state index contributed by atoms with van der Waals surface area (Å²) in [5, 5.41) is 0. The van der Waals surface area contributed by atoms with Gasteiger partial charge in [-0.15, -0.1) is 0 Å². The van der Waals surface area contributed by atoms with Crippen molar-refractivity contribution in [3.8, 4) is 0 Å². The first-order valence-corrected chi connectivity index (χ1v) is 4.12. The van der Waals surface area contributed by atoms with E-state index >= 15 is 0 Å². The molecular weight excluding hydrogens is 127 g/mol. The molecule has 0 amide bonds. The highest BCUT2D eigenvalue weighted by atomic mass is 19.1. The van der Waals surface area contributed by atoms with Gasteiger partial charge in [-0.25, -0.2) is 0 Å². The first-order valence-electron chi connectivity index (χ1n) is 4.12. The van der Waals surface area contributed by atoms with Gasteiger partial charge in [0.25, 0.3) is 0 Å². The lowest BCUT2D eigenvalue weighted by molar-refractivity contribution is 0.350. The van der Waals surface area contributed by atoms with E-state index in [1.165, 1.54) is 12.8 Å². The average molecular weight is 146 g/mol. The van der Waals surface area contributed by atoms with E-state index in [0.717, 1.165) is 12.8 Å². The van der Waals surface area contributed by atoms with Crippen LogP contribution in [0.3, 0.4) is 0 Å². The van der Waals surface area contributed by atoms with Crippen molar-refractivity contribution in [1.82, 2.24) is 0 Å². The molecule has 0 nitrogen and oxygen atoms in total. The van der Waals surface area contributed by atoms with Crippen molar-refractivity contribution in [2.45, 2.75) is 46.5 Å². The Hall–Kier alpha value is -0.0700. The maximum Gasteiger partial charge on any atom is 0.0894 e. The Morgan fingerprint density at radius 3 is 2.00 bits per heavy atom. The zero-order chi connectivity index (χ0) is 8.04. The van der Waals surface area contributed by atoms with Crippen molar-refractivity contribution in [3.05, 3.63) is 0 Å². The molecule has 0 bridgehead atoms. The minimum Gasteiger partial charge on any atom is -0.251 e. The lowest BCUT2D eigenvalue weighted by Gasteiger charge is -2.16. The van der Waals surface area contributed by atoms with Crippen molar-refractivity contribution in [2.75, 3.05) is 6.67 Å². The Balaban J connectivity index is 3.04. The number of hydrogen-bond acceptors (Lipinski definition) is 0. The highest BCUT2D eigenvalue weighted by Crippen LogP contribution is 2.21. The largest absolute Gasteiger partial charge is 0.251 e. The fourth-order valence-corrected chi connectivity index (χ4v) is 0.927. The summed E-state index contributed by atoms with van der Waals surface area (Å²) in [6, 6.07) is 0. The lowest BCUT2D eigenvalue weighted by atomic mass is 9.90. The predicted molar refractivity (Wildman–Crippen MR) is 43.9 cm³/mol. The summed E-state index contributed by atoms with van der Waals surface area (Å²) in [5.74, 6) is 0. The van der Waals surface area contributed by atoms with Gasteiger partial charge in [0.15, 0.2) is 0 Å². The van der Waals surface area contributed by atoms with Crippen LogP contribution in [0.5, 0.6) is 0 Å². The predicted octanol–water partition coefficient (Wildman–Crippen LogP) is 3.56. The van der Waals surface area contributed by atoms with Gasteiger partial charge in [0.2, 0.25) is 0 Å². The molecule has 0 aromatic carbocycles. The highest BCUT2D eigenvalue weighted by Gasteiger charge is 2.08. The number of rotatable bonds is 4. The van der Waals surface area contributed by atoms with Gasteiger partial charge in [-0.2, -0.15) is 0 Å². The van der Waals surface area contributed by atoms with Gasteiger partial charge in [-0.1, -0.05) is 33.6 Å². The maximum absolute atomic E-state index is 11.6. The topological polar surface area (TPSA) is 0 Å². The Morgan fingerprint density at radius 1 is 1.00 bits per heavy atom. The molecule has 0 aromatic heterocycles. The van der Waals surface area contributed by atoms with Crippen LogP contribution in [-0.2, 0) is 0 Å². The standard InChI is InChI=1S/C9H19F/c1-9(2,3)7-5-4-6-8-10/h4-8H2,1-3H3. The van der Waals surface area contributed by atoms with Crippen LogP contribution in [0.4, 0.5) is 4.39 Å². The van der Waals surface area contributed by atoms with Crippen molar-refractivity contribution in [1.29, 1.82) is 0 Å². The molecular formula is C9H19F. The molecule has 0 heterocycles. The van der Waals surface area contributed by atoms with Crippen LogP contribution in [0.2, 0.25) is 0 Å². The molecule has 0 atom stereocenters. The summed E-state index contributed by atoms with van der Waals surface area (Å²) in [6.07, 6.45) is 4.18. The molecule has 10 heavy (non-hydrogen) atoms. The van der Waals surface area contributed by atoms with E-state index in [1.54, 1.807) is 0 Å². The van der Waals surface area contributed by atoms with Gasteiger partial charge in [0.1, 0.15) is 0 Å². The van der Waals surface area contributed by atoms with Gasteiger partial charge < -0.3 is 0 Å². The van der Waals surface area contributed by atoms with Crippen molar-refractivity contribution >= 4 is 0 Å². The van der Waals surface area contributed by atoms with E-state index in [-0.39, 0.29) is 6.67 Å². The molecule has 0 rings (SSSR count). The van der Waals surface area contributed by atoms with Crippen molar-refractivity contribution in [2.24, 2.45) is 5.41 Å². The summed E-state index contributed by atoms with van der Waals surface area (Å²) in [5.41, 5.74) is 0.427. The quantitative estimate of drug-likeness (QED) is 0.532. The summed E-state index contributed by atoms with van der Waals surface area (Å²) < 4.78 is 11.6. The van der Waals surface area contributed by atoms with Gasteiger partial charge >= 0.3 is 0 Å². The monoisotopic (exact) mass is 146 g/mol. The number of unbranched alkanes of at least 4 members (excludes halogenated alkanes) is 2. The Bertz CT molecular complexity index is 71.3. The smallest absolute Gasteiger partial charge is 0.0894 e. The summed E-state index contributed by atoms with van der Waals surface area (Å²) in [7, 11) is 0. The Kier molecular flexibility index (Phi) is 4.67. The maximum atomic E-state index is 11.6. The first-order chi connectivity index (χ1) is 4.56. The minimum absolute atomic E-state index is 0.149. The van der Waals surface area contributed by atoms with Crippen molar-refractivity contribution < 1.29 is 4.39 Å². The Morgan fingerprint density at radius 2 is 1.60 bits per heavy atom. The van der Waals surface area contributed by atoms with Crippen LogP contribution in [0.15, 0.2) is 0 Å². The zero-order valence-corrected chi connectivity index (χ0v) is 7.41. The third kappa shape index (κ3) is 7.93. The van der Waals surface area contributed by atoms with Crippen LogP contribution >= 0.6 is 0 Å². The van der Waals surface area contributed by atoms with E-state index in [2.05, 4.69) is 20.8 Å². The molecule has 1 heteroatoms. The normalized spacial score (nSPS) is 12.0. The van der Waals surface area contributed by atoms with Gasteiger partial charge in [0, 0.05) is 0 Å². The molecule has 62 valence electrons. The SMILES string of the molecule is CC(C)(C)CCCCCF. The summed E-state index contributed by atoms with van der Waals surface area (Å²) in [6.45, 7) is 6.53. The third-order valence-electron chi connectivity index (χ3n) is 1.56. The van der Waals surface area contributed by atoms with Crippen LogP contribution in [0, 0.1) is 5.41 Å². The Labute approximate surface area is 63.8 Å². The number of halogens is 1. The second-order valence-electron chi connectivity index (χ2n) is 4.06. The zero-order valence-electron chi connectivity index (χ0n) is 7.41. The number of alkyl halides is 1. The molecule has 0 saturated carbocycles. The van der Waals surface area contributed by atoms with E-state index in [0.29, 0.717) is 5.41 Å². The number of hydrogen-bond donors (Lipinski definition) is 0. The van der Waals surface area contributed by atoms with E-state index < -0.39 is 0 Å². The van der Waals surface area contributed by atoms with Crippen LogP contribution in [0.25, 0.3) is 0 Å². The molecule has 0 aliphatic rings.